The van der Waals surface area contributed by atoms with Crippen molar-refractivity contribution in [1.82, 2.24) is 10.2 Å². The van der Waals surface area contributed by atoms with Crippen LogP contribution in [0.4, 0.5) is 5.69 Å². The van der Waals surface area contributed by atoms with Crippen molar-refractivity contribution in [2.75, 3.05) is 31.5 Å². The number of rotatable bonds is 3. The normalized spacial score (nSPS) is 19.6. The lowest BCUT2D eigenvalue weighted by Gasteiger charge is -2.33. The highest BCUT2D eigenvalue weighted by Gasteiger charge is 2.20. The quantitative estimate of drug-likeness (QED) is 0.769. The lowest BCUT2D eigenvalue weighted by atomic mass is 10.2. The van der Waals surface area contributed by atoms with Crippen molar-refractivity contribution in [3.8, 4) is 0 Å². The van der Waals surface area contributed by atoms with Gasteiger partial charge in [0, 0.05) is 34.9 Å². The number of piperazine rings is 1. The number of nitrogens with one attached hydrogen (secondary N) is 2. The predicted molar refractivity (Wildman–Crippen MR) is 88.9 cm³/mol. The Morgan fingerprint density at radius 3 is 2.79 bits per heavy atom. The third kappa shape index (κ3) is 5.25. The van der Waals surface area contributed by atoms with Gasteiger partial charge in [-0.25, -0.2) is 0 Å². The molecule has 0 aliphatic carbocycles. The van der Waals surface area contributed by atoms with Gasteiger partial charge in [-0.2, -0.15) is 0 Å². The monoisotopic (exact) mass is 395 g/mol. The molecule has 19 heavy (non-hydrogen) atoms. The largest absolute Gasteiger partial charge is 0.325 e. The summed E-state index contributed by atoms with van der Waals surface area (Å²) < 4.78 is 1.17. The van der Waals surface area contributed by atoms with E-state index < -0.39 is 0 Å². The molecule has 0 unspecified atom stereocenters. The van der Waals surface area contributed by atoms with Crippen molar-refractivity contribution in [2.45, 2.75) is 13.0 Å². The van der Waals surface area contributed by atoms with E-state index in [1.807, 2.05) is 24.3 Å². The minimum atomic E-state index is 0. The number of halogens is 2. The number of amides is 1. The predicted octanol–water partition coefficient (Wildman–Crippen LogP) is 1.95. The van der Waals surface area contributed by atoms with E-state index in [-0.39, 0.29) is 18.3 Å². The molecule has 1 aromatic carbocycles. The Morgan fingerprint density at radius 1 is 1.47 bits per heavy atom. The maximum atomic E-state index is 11.9. The average Bonchev–Trinajstić information content (AvgIpc) is 2.35. The van der Waals surface area contributed by atoms with Crippen LogP contribution in [-0.2, 0) is 4.79 Å². The molecule has 106 valence electrons. The van der Waals surface area contributed by atoms with Crippen LogP contribution in [0.1, 0.15) is 6.92 Å². The van der Waals surface area contributed by atoms with Crippen molar-refractivity contribution in [3.05, 3.63) is 27.8 Å². The van der Waals surface area contributed by atoms with Crippen LogP contribution < -0.4 is 10.6 Å². The van der Waals surface area contributed by atoms with Gasteiger partial charge < -0.3 is 10.6 Å². The first-order valence-corrected chi connectivity index (χ1v) is 7.23. The molecule has 0 aromatic heterocycles. The summed E-state index contributed by atoms with van der Waals surface area (Å²) in [6, 6.07) is 8.26. The second-order valence-electron chi connectivity index (χ2n) is 4.58. The van der Waals surface area contributed by atoms with E-state index in [1.54, 1.807) is 0 Å². The lowest BCUT2D eigenvalue weighted by Crippen LogP contribution is -2.51. The fourth-order valence-corrected chi connectivity index (χ4v) is 2.40. The van der Waals surface area contributed by atoms with E-state index >= 15 is 0 Å². The van der Waals surface area contributed by atoms with Gasteiger partial charge in [-0.15, -0.1) is 12.4 Å². The standard InChI is InChI=1S/C13H18IN3O.ClH/c1-10-8-15-6-7-17(10)9-13(18)16-12-4-2-11(14)3-5-12;/h2-5,10,15H,6-9H2,1H3,(H,16,18);1H/t10-;/m1./s1. The second-order valence-corrected chi connectivity index (χ2v) is 5.82. The molecule has 1 aliphatic rings. The fraction of sp³-hybridized carbons (Fsp3) is 0.462. The number of benzene rings is 1. The maximum Gasteiger partial charge on any atom is 0.238 e. The van der Waals surface area contributed by atoms with Crippen LogP contribution in [0.3, 0.4) is 0 Å². The van der Waals surface area contributed by atoms with Crippen LogP contribution in [0.5, 0.6) is 0 Å². The molecular formula is C13H19ClIN3O. The Hall–Kier alpha value is -0.370. The van der Waals surface area contributed by atoms with Crippen LogP contribution in [0.25, 0.3) is 0 Å². The number of anilines is 1. The minimum Gasteiger partial charge on any atom is -0.325 e. The van der Waals surface area contributed by atoms with Gasteiger partial charge in [0.05, 0.1) is 6.54 Å². The van der Waals surface area contributed by atoms with Gasteiger partial charge >= 0.3 is 0 Å². The summed E-state index contributed by atoms with van der Waals surface area (Å²) in [4.78, 5) is 14.1. The molecule has 1 aromatic rings. The van der Waals surface area contributed by atoms with Crippen LogP contribution in [0.15, 0.2) is 24.3 Å². The lowest BCUT2D eigenvalue weighted by molar-refractivity contribution is -0.118. The van der Waals surface area contributed by atoms with Gasteiger partial charge in [0.1, 0.15) is 0 Å². The molecule has 1 heterocycles. The zero-order valence-corrected chi connectivity index (χ0v) is 13.8. The molecule has 0 bridgehead atoms. The van der Waals surface area contributed by atoms with Crippen molar-refractivity contribution in [2.24, 2.45) is 0 Å². The van der Waals surface area contributed by atoms with Crippen LogP contribution >= 0.6 is 35.0 Å². The molecule has 1 fully saturated rings. The van der Waals surface area contributed by atoms with E-state index in [0.29, 0.717) is 12.6 Å². The number of carbonyl (C=O) groups is 1. The molecule has 1 aliphatic heterocycles. The summed E-state index contributed by atoms with van der Waals surface area (Å²) in [7, 11) is 0. The first-order valence-electron chi connectivity index (χ1n) is 6.15. The van der Waals surface area contributed by atoms with E-state index in [4.69, 9.17) is 0 Å². The number of nitrogens with zero attached hydrogens (tertiary/aromatic N) is 1. The summed E-state index contributed by atoms with van der Waals surface area (Å²) in [5.74, 6) is 0.0601. The Bertz CT molecular complexity index is 413. The van der Waals surface area contributed by atoms with Crippen molar-refractivity contribution >= 4 is 46.6 Å². The zero-order chi connectivity index (χ0) is 13.0. The summed E-state index contributed by atoms with van der Waals surface area (Å²) >= 11 is 2.25. The van der Waals surface area contributed by atoms with Crippen molar-refractivity contribution in [1.29, 1.82) is 0 Å². The number of hydrogen-bond donors (Lipinski definition) is 2. The highest BCUT2D eigenvalue weighted by molar-refractivity contribution is 14.1. The molecule has 1 saturated heterocycles. The van der Waals surface area contributed by atoms with Gasteiger partial charge in [-0.05, 0) is 53.8 Å². The molecule has 1 atom stereocenters. The summed E-state index contributed by atoms with van der Waals surface area (Å²) in [5.41, 5.74) is 0.864. The zero-order valence-electron chi connectivity index (χ0n) is 10.9. The van der Waals surface area contributed by atoms with Crippen LogP contribution in [0.2, 0.25) is 0 Å². The van der Waals surface area contributed by atoms with E-state index in [9.17, 15) is 4.79 Å². The van der Waals surface area contributed by atoms with E-state index in [0.717, 1.165) is 25.3 Å². The Morgan fingerprint density at radius 2 is 2.16 bits per heavy atom. The Balaban J connectivity index is 0.00000180. The number of carbonyl (C=O) groups excluding carboxylic acids is 1. The molecule has 2 rings (SSSR count). The van der Waals surface area contributed by atoms with Gasteiger partial charge in [0.15, 0.2) is 0 Å². The molecule has 6 heteroatoms. The second kappa shape index (κ2) is 8.04. The summed E-state index contributed by atoms with van der Waals surface area (Å²) in [5, 5.41) is 6.25. The molecule has 1 amide bonds. The Kier molecular flexibility index (Phi) is 7.06. The van der Waals surface area contributed by atoms with Crippen molar-refractivity contribution in [3.63, 3.8) is 0 Å². The summed E-state index contributed by atoms with van der Waals surface area (Å²) in [6.45, 7) is 5.46. The van der Waals surface area contributed by atoms with Crippen molar-refractivity contribution < 1.29 is 4.79 Å². The van der Waals surface area contributed by atoms with E-state index in [1.165, 1.54) is 3.57 Å². The third-order valence-corrected chi connectivity index (χ3v) is 3.83. The third-order valence-electron chi connectivity index (χ3n) is 3.11. The smallest absolute Gasteiger partial charge is 0.238 e. The first-order chi connectivity index (χ1) is 8.65. The molecule has 0 saturated carbocycles. The van der Waals surface area contributed by atoms with Crippen LogP contribution in [0, 0.1) is 3.57 Å². The molecule has 0 radical (unpaired) electrons. The average molecular weight is 396 g/mol. The molecular weight excluding hydrogens is 377 g/mol. The highest BCUT2D eigenvalue weighted by Crippen LogP contribution is 2.11. The first kappa shape index (κ1) is 16.7. The number of hydrogen-bond acceptors (Lipinski definition) is 3. The maximum absolute atomic E-state index is 11.9. The molecule has 4 nitrogen and oxygen atoms in total. The van der Waals surface area contributed by atoms with Crippen LogP contribution in [-0.4, -0.2) is 43.0 Å². The topological polar surface area (TPSA) is 44.4 Å². The molecule has 0 spiro atoms. The highest BCUT2D eigenvalue weighted by atomic mass is 127. The summed E-state index contributed by atoms with van der Waals surface area (Å²) in [6.07, 6.45) is 0. The van der Waals surface area contributed by atoms with E-state index in [2.05, 4.69) is 45.0 Å². The van der Waals surface area contributed by atoms with Gasteiger partial charge in [0.2, 0.25) is 5.91 Å². The van der Waals surface area contributed by atoms with Gasteiger partial charge in [0.25, 0.3) is 0 Å². The van der Waals surface area contributed by atoms with Gasteiger partial charge in [-0.3, -0.25) is 9.69 Å². The SMILES string of the molecule is C[C@@H]1CNCCN1CC(=O)Nc1ccc(I)cc1.Cl. The Labute approximate surface area is 133 Å². The fourth-order valence-electron chi connectivity index (χ4n) is 2.04. The molecule has 2 N–H and O–H groups in total. The van der Waals surface area contributed by atoms with Gasteiger partial charge in [-0.1, -0.05) is 0 Å². The minimum absolute atomic E-state index is 0.